The molecule has 0 atom stereocenters. The van der Waals surface area contributed by atoms with Crippen LogP contribution in [0.2, 0.25) is 0 Å². The van der Waals surface area contributed by atoms with Crippen molar-refractivity contribution in [1.29, 1.82) is 0 Å². The zero-order valence-corrected chi connectivity index (χ0v) is 22.4. The maximum absolute atomic E-state index is 2.41. The number of imidazole rings is 1. The van der Waals surface area contributed by atoms with Crippen molar-refractivity contribution in [1.82, 2.24) is 10.5 Å². The van der Waals surface area contributed by atoms with E-state index in [2.05, 4.69) is 127 Å². The molecule has 0 N–H and O–H groups in total. The maximum atomic E-state index is 2.41. The molecule has 0 amide bonds. The average Bonchev–Trinajstić information content (AvgIpc) is 2.91. The van der Waals surface area contributed by atoms with Crippen LogP contribution in [0.4, 0.5) is 0 Å². The van der Waals surface area contributed by atoms with Crippen molar-refractivity contribution in [3.63, 3.8) is 0 Å². The molecule has 148 valence electrons. The molecule has 0 spiro atoms. The van der Waals surface area contributed by atoms with E-state index in [-0.39, 0.29) is 0 Å². The molecule has 2 aromatic rings. The van der Waals surface area contributed by atoms with Gasteiger partial charge in [-0.05, 0) is 30.5 Å². The van der Waals surface area contributed by atoms with E-state index in [1.165, 1.54) is 59.1 Å². The molecule has 1 aliphatic rings. The quantitative estimate of drug-likeness (QED) is 0.264. The van der Waals surface area contributed by atoms with Crippen LogP contribution in [0.3, 0.4) is 0 Å². The zero-order valence-electron chi connectivity index (χ0n) is 15.8. The summed E-state index contributed by atoms with van der Waals surface area (Å²) >= 11 is 6.98. The summed E-state index contributed by atoms with van der Waals surface area (Å²) in [6, 6.07) is 6.62. The molecule has 1 aliphatic carbocycles. The molecule has 1 aromatic carbocycles. The van der Waals surface area contributed by atoms with Crippen LogP contribution in [0.1, 0.15) is 48.8 Å². The first-order chi connectivity index (χ1) is 12.4. The second-order valence-corrected chi connectivity index (χ2v) is 12.4. The Kier molecular flexibility index (Phi) is 10.1. The third-order valence-electron chi connectivity index (χ3n) is 5.01. The molecule has 6 heteroatoms. The summed E-state index contributed by atoms with van der Waals surface area (Å²) in [6.07, 6.45) is 11.5. The minimum atomic E-state index is 0.921. The van der Waals surface area contributed by atoms with Gasteiger partial charge < -0.3 is 0 Å². The predicted octanol–water partition coefficient (Wildman–Crippen LogP) is 6.29. The topological polar surface area (TPSA) is 13.1 Å². The van der Waals surface area contributed by atoms with Gasteiger partial charge in [-0.25, -0.2) is 0 Å². The number of rotatable bonds is 4. The fraction of sp³-hybridized carbons (Fsp3) is 0.550. The van der Waals surface area contributed by atoms with Crippen molar-refractivity contribution in [3.05, 3.63) is 51.1 Å². The fourth-order valence-electron chi connectivity index (χ4n) is 3.32. The van der Waals surface area contributed by atoms with Gasteiger partial charge in [0.15, 0.2) is 0 Å². The van der Waals surface area contributed by atoms with E-state index in [9.17, 15) is 0 Å². The summed E-state index contributed by atoms with van der Waals surface area (Å²) in [5.74, 6) is 0.921. The molecule has 26 heavy (non-hydrogen) atoms. The summed E-state index contributed by atoms with van der Waals surface area (Å²) < 4.78 is 8.04. The number of nitrogens with zero attached hydrogens (tertiary/aromatic N) is 3. The molecule has 3 nitrogen and oxygen atoms in total. The van der Waals surface area contributed by atoms with Gasteiger partial charge in [-0.1, -0.05) is 18.2 Å². The molecule has 0 bridgehead atoms. The Morgan fingerprint density at radius 1 is 1.08 bits per heavy atom. The SMILES string of the molecule is Cc1ccc(CN(I)I)cc1C.Cn1ccn(CC2CCCCC2)[c]1=[Pt]. The predicted molar refractivity (Wildman–Crippen MR) is 123 cm³/mol. The van der Waals surface area contributed by atoms with Gasteiger partial charge in [0.05, 0.1) is 0 Å². The second-order valence-electron chi connectivity index (χ2n) is 7.19. The Balaban J connectivity index is 0.000000190. The number of hydrogen-bond donors (Lipinski definition) is 0. The summed E-state index contributed by atoms with van der Waals surface area (Å²) in [7, 11) is 2.11. The number of hydrogen-bond acceptors (Lipinski definition) is 1. The van der Waals surface area contributed by atoms with Gasteiger partial charge in [0.25, 0.3) is 0 Å². The second kappa shape index (κ2) is 11.5. The normalized spacial score (nSPS) is 15.1. The Morgan fingerprint density at radius 2 is 1.77 bits per heavy atom. The molecule has 0 aliphatic heterocycles. The van der Waals surface area contributed by atoms with Crippen molar-refractivity contribution >= 4 is 45.7 Å². The number of aryl methyl sites for hydroxylation is 3. The number of benzene rings is 1. The number of aromatic nitrogens is 2. The summed E-state index contributed by atoms with van der Waals surface area (Å²) in [6.45, 7) is 6.52. The van der Waals surface area contributed by atoms with Crippen LogP contribution in [-0.4, -0.2) is 10.5 Å². The van der Waals surface area contributed by atoms with Crippen LogP contribution >= 0.6 is 45.7 Å². The molecule has 0 saturated heterocycles. The van der Waals surface area contributed by atoms with Gasteiger partial charge >= 0.3 is 96.3 Å². The first-order valence-electron chi connectivity index (χ1n) is 9.19. The van der Waals surface area contributed by atoms with Gasteiger partial charge in [-0.15, -0.1) is 0 Å². The zero-order chi connectivity index (χ0) is 19.1. The van der Waals surface area contributed by atoms with Crippen molar-refractivity contribution in [3.8, 4) is 0 Å². The van der Waals surface area contributed by atoms with Crippen LogP contribution in [0.5, 0.6) is 0 Å². The number of halogens is 2. The van der Waals surface area contributed by atoms with E-state index < -0.39 is 0 Å². The average molecular weight is 760 g/mol. The van der Waals surface area contributed by atoms with E-state index in [1.807, 2.05) is 0 Å². The summed E-state index contributed by atoms with van der Waals surface area (Å²) in [4.78, 5) is 0. The summed E-state index contributed by atoms with van der Waals surface area (Å²) in [5, 5.41) is 0. The van der Waals surface area contributed by atoms with Gasteiger partial charge in [-0.3, -0.25) is 0 Å². The van der Waals surface area contributed by atoms with E-state index in [1.54, 1.807) is 0 Å². The molecule has 1 saturated carbocycles. The molecule has 1 fully saturated rings. The molecule has 3 rings (SSSR count). The van der Waals surface area contributed by atoms with Crippen molar-refractivity contribution in [2.24, 2.45) is 13.0 Å². The van der Waals surface area contributed by atoms with E-state index >= 15 is 0 Å². The van der Waals surface area contributed by atoms with Crippen molar-refractivity contribution < 1.29 is 19.4 Å². The third kappa shape index (κ3) is 7.51. The molecular weight excluding hydrogens is 731 g/mol. The van der Waals surface area contributed by atoms with Gasteiger partial charge in [0, 0.05) is 52.3 Å². The fourth-order valence-corrected chi connectivity index (χ4v) is 4.65. The Hall–Kier alpha value is 0.538. The van der Waals surface area contributed by atoms with Crippen molar-refractivity contribution in [2.45, 2.75) is 59.0 Å². The van der Waals surface area contributed by atoms with Crippen LogP contribution < -0.4 is 0 Å². The summed E-state index contributed by atoms with van der Waals surface area (Å²) in [5.41, 5.74) is 4.12. The van der Waals surface area contributed by atoms with Gasteiger partial charge in [0.2, 0.25) is 0 Å². The molecular formula is C20H29I2N3Pt. The molecule has 0 unspecified atom stereocenters. The van der Waals surface area contributed by atoms with Crippen LogP contribution in [0.25, 0.3) is 0 Å². The Bertz CT molecular complexity index is 746. The van der Waals surface area contributed by atoms with Gasteiger partial charge in [0.1, 0.15) is 0 Å². The van der Waals surface area contributed by atoms with Crippen LogP contribution in [0.15, 0.2) is 30.6 Å². The van der Waals surface area contributed by atoms with Crippen molar-refractivity contribution in [2.75, 3.05) is 0 Å². The van der Waals surface area contributed by atoms with E-state index in [0.717, 1.165) is 12.5 Å². The Labute approximate surface area is 197 Å². The van der Waals surface area contributed by atoms with Crippen LogP contribution in [0, 0.1) is 23.6 Å². The monoisotopic (exact) mass is 760 g/mol. The van der Waals surface area contributed by atoms with E-state index in [0.29, 0.717) is 0 Å². The third-order valence-corrected chi connectivity index (χ3v) is 7.15. The first-order valence-corrected chi connectivity index (χ1v) is 12.3. The first kappa shape index (κ1) is 22.8. The minimum absolute atomic E-state index is 0.921. The molecule has 0 radical (unpaired) electrons. The van der Waals surface area contributed by atoms with Crippen LogP contribution in [-0.2, 0) is 39.5 Å². The Morgan fingerprint density at radius 3 is 2.31 bits per heavy atom. The molecule has 1 aromatic heterocycles. The van der Waals surface area contributed by atoms with E-state index in [4.69, 9.17) is 0 Å². The van der Waals surface area contributed by atoms with Gasteiger partial charge in [-0.2, -0.15) is 1.33 Å². The molecule has 1 heterocycles. The standard InChI is InChI=1S/C11H18N2.C9H11I2N.Pt/c1-12-7-8-13(10-12)9-11-5-3-2-4-6-11;1-7-3-4-9(5-8(7)2)6-12(10)11;/h7-8,11H,2-6,9H2,1H3;3-5H,6H2,1-2H3;.